The van der Waals surface area contributed by atoms with Gasteiger partial charge in [-0.25, -0.2) is 18.4 Å². The number of rotatable bonds is 2. The standard InChI is InChI=1S/C11H9NO5S/c12-18(16,17)8-2-1-6-4-9(11(14)15)10(13)5-7(6)3-8/h1-5,13H,(H,14,15)(H2,12,16,17). The van der Waals surface area contributed by atoms with E-state index in [1.807, 2.05) is 0 Å². The molecule has 0 heterocycles. The van der Waals surface area contributed by atoms with Crippen molar-refractivity contribution < 1.29 is 23.4 Å². The average molecular weight is 267 g/mol. The highest BCUT2D eigenvalue weighted by Crippen LogP contribution is 2.26. The third kappa shape index (κ3) is 2.13. The molecule has 0 amide bonds. The molecule has 0 atom stereocenters. The smallest absolute Gasteiger partial charge is 0.339 e. The van der Waals surface area contributed by atoms with Gasteiger partial charge in [0.25, 0.3) is 0 Å². The van der Waals surface area contributed by atoms with Gasteiger partial charge in [0, 0.05) is 0 Å². The lowest BCUT2D eigenvalue weighted by atomic mass is 10.1. The SMILES string of the molecule is NS(=O)(=O)c1ccc2cc(C(=O)O)c(O)cc2c1. The number of phenols is 1. The first-order chi connectivity index (χ1) is 8.29. The molecular formula is C11H9NO5S. The fraction of sp³-hybridized carbons (Fsp3) is 0. The van der Waals surface area contributed by atoms with Crippen LogP contribution >= 0.6 is 0 Å². The summed E-state index contributed by atoms with van der Waals surface area (Å²) >= 11 is 0. The molecule has 0 saturated heterocycles. The Hall–Kier alpha value is -2.12. The minimum Gasteiger partial charge on any atom is -0.507 e. The molecule has 0 aliphatic carbocycles. The molecule has 94 valence electrons. The minimum absolute atomic E-state index is 0.0996. The van der Waals surface area contributed by atoms with E-state index in [-0.39, 0.29) is 10.5 Å². The van der Waals surface area contributed by atoms with E-state index in [1.54, 1.807) is 0 Å². The summed E-state index contributed by atoms with van der Waals surface area (Å²) in [5.41, 5.74) is -0.245. The average Bonchev–Trinajstić information content (AvgIpc) is 2.25. The van der Waals surface area contributed by atoms with Crippen molar-refractivity contribution in [1.29, 1.82) is 0 Å². The fourth-order valence-corrected chi connectivity index (χ4v) is 2.16. The molecule has 6 nitrogen and oxygen atoms in total. The summed E-state index contributed by atoms with van der Waals surface area (Å²) < 4.78 is 22.3. The number of aromatic hydroxyl groups is 1. The van der Waals surface area contributed by atoms with Crippen LogP contribution in [0.15, 0.2) is 35.2 Å². The number of hydrogen-bond acceptors (Lipinski definition) is 4. The molecule has 18 heavy (non-hydrogen) atoms. The normalized spacial score (nSPS) is 11.6. The quantitative estimate of drug-likeness (QED) is 0.746. The third-order valence-electron chi connectivity index (χ3n) is 2.49. The summed E-state index contributed by atoms with van der Waals surface area (Å²) in [7, 11) is -3.83. The summed E-state index contributed by atoms with van der Waals surface area (Å²) in [5, 5.41) is 24.2. The zero-order chi connectivity index (χ0) is 13.5. The molecule has 4 N–H and O–H groups in total. The topological polar surface area (TPSA) is 118 Å². The molecule has 2 aromatic rings. The number of carboxylic acid groups (broad SMARTS) is 1. The number of fused-ring (bicyclic) bond motifs is 1. The van der Waals surface area contributed by atoms with Crippen LogP contribution in [0.3, 0.4) is 0 Å². The summed E-state index contributed by atoms with van der Waals surface area (Å²) in [6.07, 6.45) is 0. The van der Waals surface area contributed by atoms with Crippen LogP contribution in [0.4, 0.5) is 0 Å². The number of sulfonamides is 1. The largest absolute Gasteiger partial charge is 0.507 e. The van der Waals surface area contributed by atoms with E-state index in [9.17, 15) is 18.3 Å². The molecule has 2 aromatic carbocycles. The van der Waals surface area contributed by atoms with Gasteiger partial charge in [-0.05, 0) is 35.0 Å². The Morgan fingerprint density at radius 2 is 1.78 bits per heavy atom. The van der Waals surface area contributed by atoms with Crippen LogP contribution in [0.2, 0.25) is 0 Å². The van der Waals surface area contributed by atoms with Gasteiger partial charge in [0.2, 0.25) is 10.0 Å². The van der Waals surface area contributed by atoms with Gasteiger partial charge in [-0.3, -0.25) is 0 Å². The van der Waals surface area contributed by atoms with E-state index in [0.29, 0.717) is 10.8 Å². The molecule has 0 bridgehead atoms. The first-order valence-corrected chi connectivity index (χ1v) is 6.36. The number of carboxylic acids is 1. The van der Waals surface area contributed by atoms with Crippen molar-refractivity contribution in [3.05, 3.63) is 35.9 Å². The lowest BCUT2D eigenvalue weighted by Crippen LogP contribution is -2.11. The van der Waals surface area contributed by atoms with Crippen molar-refractivity contribution in [3.63, 3.8) is 0 Å². The molecule has 0 spiro atoms. The second-order valence-corrected chi connectivity index (χ2v) is 5.29. The monoisotopic (exact) mass is 267 g/mol. The van der Waals surface area contributed by atoms with Crippen LogP contribution in [-0.4, -0.2) is 24.6 Å². The first-order valence-electron chi connectivity index (χ1n) is 4.82. The van der Waals surface area contributed by atoms with Gasteiger partial charge in [-0.2, -0.15) is 0 Å². The van der Waals surface area contributed by atoms with E-state index in [2.05, 4.69) is 0 Å². The number of primary sulfonamides is 1. The summed E-state index contributed by atoms with van der Waals surface area (Å²) in [6.45, 7) is 0. The molecule has 7 heteroatoms. The van der Waals surface area contributed by atoms with E-state index < -0.39 is 21.7 Å². The number of benzene rings is 2. The van der Waals surface area contributed by atoms with Crippen molar-refractivity contribution in [2.45, 2.75) is 4.90 Å². The first kappa shape index (κ1) is 12.3. The molecule has 0 radical (unpaired) electrons. The van der Waals surface area contributed by atoms with Crippen molar-refractivity contribution in [2.24, 2.45) is 5.14 Å². The van der Waals surface area contributed by atoms with Gasteiger partial charge in [-0.15, -0.1) is 0 Å². The van der Waals surface area contributed by atoms with Crippen LogP contribution in [0, 0.1) is 0 Å². The van der Waals surface area contributed by atoms with Gasteiger partial charge in [-0.1, -0.05) is 6.07 Å². The number of nitrogens with two attached hydrogens (primary N) is 1. The second-order valence-electron chi connectivity index (χ2n) is 3.73. The molecule has 0 aliphatic rings. The van der Waals surface area contributed by atoms with Gasteiger partial charge >= 0.3 is 5.97 Å². The highest BCUT2D eigenvalue weighted by molar-refractivity contribution is 7.89. The Labute approximate surface area is 102 Å². The van der Waals surface area contributed by atoms with E-state index in [0.717, 1.165) is 0 Å². The second kappa shape index (κ2) is 3.97. The maximum atomic E-state index is 11.2. The van der Waals surface area contributed by atoms with Gasteiger partial charge in [0.05, 0.1) is 4.90 Å². The highest BCUT2D eigenvalue weighted by Gasteiger charge is 2.13. The summed E-state index contributed by atoms with van der Waals surface area (Å²) in [5.74, 6) is -1.69. The molecule has 0 aromatic heterocycles. The van der Waals surface area contributed by atoms with E-state index in [4.69, 9.17) is 10.2 Å². The Bertz CT molecular complexity index is 751. The predicted molar refractivity (Wildman–Crippen MR) is 63.9 cm³/mol. The lowest BCUT2D eigenvalue weighted by Gasteiger charge is -2.05. The van der Waals surface area contributed by atoms with Crippen molar-refractivity contribution in [2.75, 3.05) is 0 Å². The fourth-order valence-electron chi connectivity index (χ4n) is 1.61. The molecule has 0 saturated carbocycles. The zero-order valence-electron chi connectivity index (χ0n) is 8.99. The zero-order valence-corrected chi connectivity index (χ0v) is 9.81. The Morgan fingerprint density at radius 1 is 1.11 bits per heavy atom. The van der Waals surface area contributed by atoms with E-state index >= 15 is 0 Å². The van der Waals surface area contributed by atoms with Gasteiger partial charge in [0.1, 0.15) is 11.3 Å². The van der Waals surface area contributed by atoms with Crippen molar-refractivity contribution >= 4 is 26.8 Å². The number of hydrogen-bond donors (Lipinski definition) is 3. The molecule has 0 fully saturated rings. The van der Waals surface area contributed by atoms with Gasteiger partial charge in [0.15, 0.2) is 0 Å². The Balaban J connectivity index is 2.74. The Morgan fingerprint density at radius 3 is 2.33 bits per heavy atom. The number of aromatic carboxylic acids is 1. The maximum absolute atomic E-state index is 11.2. The van der Waals surface area contributed by atoms with Crippen LogP contribution in [0.5, 0.6) is 5.75 Å². The predicted octanol–water partition coefficient (Wildman–Crippen LogP) is 0.891. The number of carbonyl (C=O) groups is 1. The molecule has 2 rings (SSSR count). The van der Waals surface area contributed by atoms with Gasteiger partial charge < -0.3 is 10.2 Å². The highest BCUT2D eigenvalue weighted by atomic mass is 32.2. The van der Waals surface area contributed by atoms with Crippen LogP contribution < -0.4 is 5.14 Å². The van der Waals surface area contributed by atoms with Crippen LogP contribution in [0.25, 0.3) is 10.8 Å². The third-order valence-corrected chi connectivity index (χ3v) is 3.40. The van der Waals surface area contributed by atoms with Crippen molar-refractivity contribution in [1.82, 2.24) is 0 Å². The van der Waals surface area contributed by atoms with Crippen LogP contribution in [-0.2, 0) is 10.0 Å². The Kier molecular flexibility index (Phi) is 2.72. The summed E-state index contributed by atoms with van der Waals surface area (Å²) in [6, 6.07) is 6.44. The van der Waals surface area contributed by atoms with Crippen molar-refractivity contribution in [3.8, 4) is 5.75 Å². The summed E-state index contributed by atoms with van der Waals surface area (Å²) in [4.78, 5) is 10.7. The van der Waals surface area contributed by atoms with Crippen LogP contribution in [0.1, 0.15) is 10.4 Å². The molecule has 0 unspecified atom stereocenters. The molecular weight excluding hydrogens is 258 g/mol. The van der Waals surface area contributed by atoms with E-state index in [1.165, 1.54) is 30.3 Å². The molecule has 0 aliphatic heterocycles. The lowest BCUT2D eigenvalue weighted by molar-refractivity contribution is 0.0694. The maximum Gasteiger partial charge on any atom is 0.339 e. The minimum atomic E-state index is -3.83.